The number of amides is 2. The zero-order valence-corrected chi connectivity index (χ0v) is 22.1. The highest BCUT2D eigenvalue weighted by atomic mass is 35.5. The highest BCUT2D eigenvalue weighted by Gasteiger charge is 2.03. The fourth-order valence-corrected chi connectivity index (χ4v) is 3.51. The Kier molecular flexibility index (Phi) is 12.3. The molecule has 4 aromatic carbocycles. The van der Waals surface area contributed by atoms with Crippen molar-refractivity contribution in [3.63, 3.8) is 0 Å². The summed E-state index contributed by atoms with van der Waals surface area (Å²) in [5.41, 5.74) is 3.46. The first-order chi connectivity index (χ1) is 18.5. The molecule has 6 nitrogen and oxygen atoms in total. The molecule has 0 saturated carbocycles. The first kappa shape index (κ1) is 28.9. The van der Waals surface area contributed by atoms with Crippen molar-refractivity contribution in [2.24, 2.45) is 0 Å². The predicted octanol–water partition coefficient (Wildman–Crippen LogP) is 6.99. The maximum absolute atomic E-state index is 11.6. The van der Waals surface area contributed by atoms with Gasteiger partial charge in [0.15, 0.2) is 0 Å². The van der Waals surface area contributed by atoms with Crippen LogP contribution in [-0.4, -0.2) is 25.0 Å². The fourth-order valence-electron chi connectivity index (χ4n) is 3.17. The Balaban J connectivity index is 0.000000211. The molecule has 0 unspecified atom stereocenters. The molecule has 2 N–H and O–H groups in total. The van der Waals surface area contributed by atoms with Gasteiger partial charge >= 0.3 is 0 Å². The van der Waals surface area contributed by atoms with Gasteiger partial charge in [-0.15, -0.1) is 0 Å². The van der Waals surface area contributed by atoms with E-state index < -0.39 is 0 Å². The third-order valence-corrected chi connectivity index (χ3v) is 5.41. The molecule has 0 spiro atoms. The minimum Gasteiger partial charge on any atom is -0.367 e. The summed E-state index contributed by atoms with van der Waals surface area (Å²) in [5, 5.41) is 6.85. The number of hydrogen-bond acceptors (Lipinski definition) is 4. The molecule has 0 radical (unpaired) electrons. The number of carbonyl (C=O) groups is 2. The van der Waals surface area contributed by atoms with Crippen molar-refractivity contribution in [1.82, 2.24) is 0 Å². The molecule has 38 heavy (non-hydrogen) atoms. The number of hydrogen-bond donors (Lipinski definition) is 2. The predicted molar refractivity (Wildman–Crippen MR) is 152 cm³/mol. The monoisotopic (exact) mass is 550 g/mol. The maximum atomic E-state index is 11.6. The normalized spacial score (nSPS) is 10.2. The van der Waals surface area contributed by atoms with Gasteiger partial charge in [-0.2, -0.15) is 0 Å². The van der Waals surface area contributed by atoms with Crippen LogP contribution in [0.5, 0.6) is 0 Å². The van der Waals surface area contributed by atoms with Crippen LogP contribution in [0.3, 0.4) is 0 Å². The molecular weight excluding hydrogens is 523 g/mol. The van der Waals surface area contributed by atoms with Gasteiger partial charge in [-0.25, -0.2) is 0 Å². The molecule has 0 heterocycles. The molecule has 4 rings (SSSR count). The van der Waals surface area contributed by atoms with E-state index in [1.54, 1.807) is 18.2 Å². The van der Waals surface area contributed by atoms with Crippen molar-refractivity contribution in [3.8, 4) is 0 Å². The summed E-state index contributed by atoms with van der Waals surface area (Å²) in [6.45, 7) is 0.793. The van der Waals surface area contributed by atoms with E-state index in [1.165, 1.54) is 0 Å². The van der Waals surface area contributed by atoms with Crippen molar-refractivity contribution >= 4 is 46.4 Å². The first-order valence-corrected chi connectivity index (χ1v) is 12.6. The van der Waals surface area contributed by atoms with Crippen LogP contribution in [0.15, 0.2) is 109 Å². The van der Waals surface area contributed by atoms with Crippen molar-refractivity contribution in [1.29, 1.82) is 0 Å². The fraction of sp³-hybridized carbons (Fsp3) is 0.133. The second-order valence-corrected chi connectivity index (χ2v) is 8.94. The summed E-state index contributed by atoms with van der Waals surface area (Å²) in [4.78, 5) is 23.2. The Morgan fingerprint density at radius 2 is 1.05 bits per heavy atom. The maximum Gasteiger partial charge on any atom is 0.250 e. The van der Waals surface area contributed by atoms with Crippen LogP contribution in [0, 0.1) is 0 Å². The van der Waals surface area contributed by atoms with E-state index in [0.29, 0.717) is 23.3 Å². The number of rotatable bonds is 10. The number of ether oxygens (including phenoxy) is 2. The van der Waals surface area contributed by atoms with Crippen molar-refractivity contribution < 1.29 is 19.1 Å². The van der Waals surface area contributed by atoms with Gasteiger partial charge in [0.05, 0.1) is 13.2 Å². The standard InChI is InChI=1S/2C15H14ClNO2/c16-13-6-4-5-12(9-13)10-19-11-15(18)17-14-7-2-1-3-8-14;16-13-8-6-12(7-9-13)10-19-11-15(18)17-14-4-2-1-3-5-14/h2*1-9H,10-11H2,(H,17,18). The Labute approximate surface area is 232 Å². The number of para-hydroxylation sites is 2. The van der Waals surface area contributed by atoms with Gasteiger partial charge < -0.3 is 20.1 Å². The van der Waals surface area contributed by atoms with Gasteiger partial charge in [0.25, 0.3) is 0 Å². The van der Waals surface area contributed by atoms with Gasteiger partial charge in [0, 0.05) is 21.4 Å². The van der Waals surface area contributed by atoms with Crippen LogP contribution < -0.4 is 10.6 Å². The molecule has 0 aromatic heterocycles. The van der Waals surface area contributed by atoms with Crippen LogP contribution in [0.25, 0.3) is 0 Å². The number of anilines is 2. The lowest BCUT2D eigenvalue weighted by atomic mass is 10.2. The van der Waals surface area contributed by atoms with Crippen LogP contribution in [-0.2, 0) is 32.3 Å². The largest absolute Gasteiger partial charge is 0.367 e. The first-order valence-electron chi connectivity index (χ1n) is 11.8. The molecule has 0 bridgehead atoms. The molecule has 0 saturated heterocycles. The number of benzene rings is 4. The second-order valence-electron chi connectivity index (χ2n) is 8.07. The Morgan fingerprint density at radius 1 is 0.553 bits per heavy atom. The molecule has 196 valence electrons. The van der Waals surface area contributed by atoms with Gasteiger partial charge in [-0.05, 0) is 59.7 Å². The zero-order chi connectivity index (χ0) is 27.0. The SMILES string of the molecule is O=C(COCc1ccc(Cl)cc1)Nc1ccccc1.O=C(COCc1cccc(Cl)c1)Nc1ccccc1. The molecule has 0 aliphatic heterocycles. The average molecular weight is 551 g/mol. The second kappa shape index (κ2) is 16.2. The summed E-state index contributed by atoms with van der Waals surface area (Å²) in [6, 6.07) is 33.3. The zero-order valence-electron chi connectivity index (χ0n) is 20.6. The van der Waals surface area contributed by atoms with E-state index in [-0.39, 0.29) is 25.0 Å². The topological polar surface area (TPSA) is 76.7 Å². The highest BCUT2D eigenvalue weighted by molar-refractivity contribution is 6.30. The van der Waals surface area contributed by atoms with E-state index in [1.807, 2.05) is 91.0 Å². The van der Waals surface area contributed by atoms with E-state index in [0.717, 1.165) is 22.5 Å². The smallest absolute Gasteiger partial charge is 0.250 e. The molecule has 0 atom stereocenters. The number of nitrogens with one attached hydrogen (secondary N) is 2. The van der Waals surface area contributed by atoms with Gasteiger partial charge in [0.1, 0.15) is 13.2 Å². The summed E-state index contributed by atoms with van der Waals surface area (Å²) in [5.74, 6) is -0.339. The minimum atomic E-state index is -0.173. The molecule has 4 aromatic rings. The number of carbonyl (C=O) groups excluding carboxylic acids is 2. The Hall–Kier alpha value is -3.68. The minimum absolute atomic E-state index is 0.0153. The third-order valence-electron chi connectivity index (χ3n) is 4.92. The van der Waals surface area contributed by atoms with Gasteiger partial charge in [-0.1, -0.05) is 83.9 Å². The molecular formula is C30H28Cl2N2O4. The van der Waals surface area contributed by atoms with E-state index >= 15 is 0 Å². The van der Waals surface area contributed by atoms with Crippen molar-refractivity contribution in [2.45, 2.75) is 13.2 Å². The Bertz CT molecular complexity index is 1270. The lowest BCUT2D eigenvalue weighted by Gasteiger charge is -2.06. The van der Waals surface area contributed by atoms with E-state index in [4.69, 9.17) is 32.7 Å². The van der Waals surface area contributed by atoms with Crippen LogP contribution in [0.2, 0.25) is 10.0 Å². The van der Waals surface area contributed by atoms with Crippen LogP contribution in [0.1, 0.15) is 11.1 Å². The lowest BCUT2D eigenvalue weighted by molar-refractivity contribution is -0.121. The summed E-state index contributed by atoms with van der Waals surface area (Å²) >= 11 is 11.6. The summed E-state index contributed by atoms with van der Waals surface area (Å²) < 4.78 is 10.7. The molecule has 8 heteroatoms. The molecule has 2 amide bonds. The van der Waals surface area contributed by atoms with Crippen LogP contribution in [0.4, 0.5) is 11.4 Å². The Morgan fingerprint density at radius 3 is 1.55 bits per heavy atom. The van der Waals surface area contributed by atoms with Gasteiger partial charge in [0.2, 0.25) is 11.8 Å². The van der Waals surface area contributed by atoms with Crippen molar-refractivity contribution in [2.75, 3.05) is 23.8 Å². The van der Waals surface area contributed by atoms with Crippen LogP contribution >= 0.6 is 23.2 Å². The quantitative estimate of drug-likeness (QED) is 0.223. The molecule has 0 fully saturated rings. The molecule has 0 aliphatic carbocycles. The van der Waals surface area contributed by atoms with E-state index in [2.05, 4.69) is 10.6 Å². The average Bonchev–Trinajstić information content (AvgIpc) is 2.91. The molecule has 0 aliphatic rings. The summed E-state index contributed by atoms with van der Waals surface area (Å²) in [6.07, 6.45) is 0. The summed E-state index contributed by atoms with van der Waals surface area (Å²) in [7, 11) is 0. The third kappa shape index (κ3) is 11.6. The number of halogens is 2. The van der Waals surface area contributed by atoms with E-state index in [9.17, 15) is 9.59 Å². The highest BCUT2D eigenvalue weighted by Crippen LogP contribution is 2.12. The van der Waals surface area contributed by atoms with Gasteiger partial charge in [-0.3, -0.25) is 9.59 Å². The van der Waals surface area contributed by atoms with Crippen molar-refractivity contribution in [3.05, 3.63) is 130 Å². The lowest BCUT2D eigenvalue weighted by Crippen LogP contribution is -2.18.